The van der Waals surface area contributed by atoms with Crippen LogP contribution in [0.5, 0.6) is 0 Å². The Morgan fingerprint density at radius 1 is 0.808 bits per heavy atom. The monoisotopic (exact) mass is 727 g/mol. The normalized spacial score (nSPS) is 13.8. The van der Waals surface area contributed by atoms with E-state index >= 15 is 0 Å². The van der Waals surface area contributed by atoms with Gasteiger partial charge in [0.25, 0.3) is 11.8 Å². The third kappa shape index (κ3) is 17.9. The van der Waals surface area contributed by atoms with Crippen molar-refractivity contribution in [1.82, 2.24) is 10.4 Å². The first-order valence-corrected chi connectivity index (χ1v) is 15.8. The molecule has 2 unspecified atom stereocenters. The largest absolute Gasteiger partial charge is 0.533 e. The van der Waals surface area contributed by atoms with E-state index in [1.165, 1.54) is 0 Å². The molecule has 1 aliphatic rings. The molecule has 2 aromatic rings. The second-order valence-corrected chi connectivity index (χ2v) is 10.9. The lowest BCUT2D eigenvalue weighted by Crippen LogP contribution is -2.41. The van der Waals surface area contributed by atoms with E-state index in [0.717, 1.165) is 11.1 Å². The van der Waals surface area contributed by atoms with E-state index in [4.69, 9.17) is 36.5 Å². The highest BCUT2D eigenvalue weighted by Gasteiger charge is 2.33. The number of hydroxylamine groups is 2. The number of imide groups is 1. The number of benzene rings is 2. The second-order valence-electron chi connectivity index (χ2n) is 10.9. The SMILES string of the molecule is CC(COC(=O)N[C@@H](CCN=[N+]=[N-])C(=O)O)c1ccccc1.CC(COC(=O)ON1C(=O)CCC1=O)c1ccccc1.[N-]=[N+]=NCC[C@H](N)C(=O)O. The summed E-state index contributed by atoms with van der Waals surface area (Å²) in [5.74, 6) is -3.34. The maximum absolute atomic E-state index is 11.6. The third-order valence-electron chi connectivity index (χ3n) is 6.92. The zero-order valence-electron chi connectivity index (χ0n) is 28.5. The summed E-state index contributed by atoms with van der Waals surface area (Å²) >= 11 is 0. The molecule has 3 amide bonds. The van der Waals surface area contributed by atoms with Crippen molar-refractivity contribution in [3.05, 3.63) is 92.7 Å². The molecule has 3 rings (SSSR count). The van der Waals surface area contributed by atoms with Crippen molar-refractivity contribution in [3.8, 4) is 0 Å². The number of rotatable bonds is 16. The number of nitrogens with one attached hydrogen (secondary N) is 1. The van der Waals surface area contributed by atoms with Gasteiger partial charge in [0.05, 0.1) is 6.61 Å². The van der Waals surface area contributed by atoms with E-state index in [9.17, 15) is 28.8 Å². The molecule has 1 fully saturated rings. The summed E-state index contributed by atoms with van der Waals surface area (Å²) in [7, 11) is 0. The fourth-order valence-corrected chi connectivity index (χ4v) is 3.95. The van der Waals surface area contributed by atoms with Gasteiger partial charge in [-0.1, -0.05) is 89.8 Å². The number of carbonyl (C=O) groups excluding carboxylic acids is 4. The van der Waals surface area contributed by atoms with Crippen molar-refractivity contribution in [2.75, 3.05) is 26.3 Å². The summed E-state index contributed by atoms with van der Waals surface area (Å²) in [5.41, 5.74) is 23.1. The van der Waals surface area contributed by atoms with Crippen LogP contribution in [0, 0.1) is 0 Å². The first-order chi connectivity index (χ1) is 24.8. The summed E-state index contributed by atoms with van der Waals surface area (Å²) in [6.07, 6.45) is -1.55. The quantitative estimate of drug-likeness (QED) is 0.0597. The predicted octanol–water partition coefficient (Wildman–Crippen LogP) is 4.78. The molecule has 2 aromatic carbocycles. The van der Waals surface area contributed by atoms with Crippen molar-refractivity contribution in [1.29, 1.82) is 0 Å². The lowest BCUT2D eigenvalue weighted by atomic mass is 10.0. The van der Waals surface area contributed by atoms with Gasteiger partial charge in [-0.3, -0.25) is 19.2 Å². The molecule has 1 heterocycles. The van der Waals surface area contributed by atoms with Gasteiger partial charge in [-0.15, -0.1) is 0 Å². The van der Waals surface area contributed by atoms with E-state index < -0.39 is 48.1 Å². The topological polar surface area (TPSA) is 309 Å². The van der Waals surface area contributed by atoms with Crippen LogP contribution in [-0.2, 0) is 33.5 Å². The molecule has 1 saturated heterocycles. The molecule has 0 aliphatic carbocycles. The lowest BCUT2D eigenvalue weighted by Gasteiger charge is -2.16. The van der Waals surface area contributed by atoms with Crippen molar-refractivity contribution >= 4 is 36.0 Å². The van der Waals surface area contributed by atoms with E-state index in [-0.39, 0.29) is 63.8 Å². The Balaban J connectivity index is 0.000000417. The van der Waals surface area contributed by atoms with Crippen molar-refractivity contribution in [2.24, 2.45) is 16.0 Å². The number of carboxylic acid groups (broad SMARTS) is 2. The molecule has 0 aromatic heterocycles. The average molecular weight is 728 g/mol. The van der Waals surface area contributed by atoms with Gasteiger partial charge in [-0.05, 0) is 35.0 Å². The van der Waals surface area contributed by atoms with E-state index in [2.05, 4.69) is 30.2 Å². The molecule has 1 aliphatic heterocycles. The molecular weight excluding hydrogens is 686 g/mol. The fraction of sp³-hybridized carbons (Fsp3) is 0.438. The van der Waals surface area contributed by atoms with Gasteiger partial charge in [0.15, 0.2) is 0 Å². The number of ether oxygens (including phenoxy) is 2. The summed E-state index contributed by atoms with van der Waals surface area (Å²) in [4.78, 5) is 76.1. The zero-order chi connectivity index (χ0) is 38.9. The fourth-order valence-electron chi connectivity index (χ4n) is 3.95. The van der Waals surface area contributed by atoms with Crippen LogP contribution in [0.15, 0.2) is 70.9 Å². The Kier molecular flexibility index (Phi) is 20.8. The number of azide groups is 2. The molecule has 0 spiro atoms. The maximum Gasteiger partial charge on any atom is 0.533 e. The van der Waals surface area contributed by atoms with Crippen LogP contribution in [0.1, 0.15) is 62.5 Å². The van der Waals surface area contributed by atoms with Gasteiger partial charge in [0.1, 0.15) is 18.7 Å². The van der Waals surface area contributed by atoms with E-state index in [0.29, 0.717) is 5.06 Å². The predicted molar refractivity (Wildman–Crippen MR) is 182 cm³/mol. The first-order valence-electron chi connectivity index (χ1n) is 15.8. The van der Waals surface area contributed by atoms with Crippen molar-refractivity contribution < 1.29 is 53.3 Å². The molecule has 0 radical (unpaired) electrons. The van der Waals surface area contributed by atoms with Crippen LogP contribution in [0.4, 0.5) is 9.59 Å². The Morgan fingerprint density at radius 2 is 1.27 bits per heavy atom. The average Bonchev–Trinajstić information content (AvgIpc) is 3.45. The number of carbonyl (C=O) groups is 6. The highest BCUT2D eigenvalue weighted by atomic mass is 16.8. The minimum absolute atomic E-state index is 0.00147. The standard InChI is InChI=1S/C14H18N4O4.C14H15NO5.C4H8N4O2/c1-10(11-5-3-2-4-6-11)9-22-14(21)17-12(13(19)20)7-8-16-18-15;1-10(11-5-3-2-4-6-11)9-19-14(18)20-15-12(16)7-8-13(15)17;5-3(4(9)10)1-2-7-8-6/h2-6,10,12H,7-9H2,1H3,(H,17,21)(H,19,20);2-6,10H,7-9H2,1H3;3H,1-2,5H2,(H,9,10)/t10?,12-;;3-/m0.0/s1. The van der Waals surface area contributed by atoms with Gasteiger partial charge >= 0.3 is 24.2 Å². The molecule has 52 heavy (non-hydrogen) atoms. The summed E-state index contributed by atoms with van der Waals surface area (Å²) in [6, 6.07) is 17.0. The number of nitrogens with two attached hydrogens (primary N) is 1. The number of carboxylic acids is 2. The number of hydrogen-bond acceptors (Lipinski definition) is 12. The van der Waals surface area contributed by atoms with Crippen LogP contribution in [0.2, 0.25) is 0 Å². The van der Waals surface area contributed by atoms with Crippen LogP contribution in [-0.4, -0.2) is 89.7 Å². The maximum atomic E-state index is 11.6. The van der Waals surface area contributed by atoms with E-state index in [1.807, 2.05) is 74.5 Å². The van der Waals surface area contributed by atoms with Crippen LogP contribution < -0.4 is 11.1 Å². The van der Waals surface area contributed by atoms with Crippen molar-refractivity contribution in [3.63, 3.8) is 0 Å². The van der Waals surface area contributed by atoms with Crippen LogP contribution in [0.25, 0.3) is 20.9 Å². The van der Waals surface area contributed by atoms with Crippen molar-refractivity contribution in [2.45, 2.75) is 63.5 Å². The molecular formula is C32H41N9O11. The lowest BCUT2D eigenvalue weighted by molar-refractivity contribution is -0.177. The Morgan fingerprint density at radius 3 is 1.71 bits per heavy atom. The van der Waals surface area contributed by atoms with Gasteiger partial charge in [-0.25, -0.2) is 14.4 Å². The first kappa shape index (κ1) is 43.7. The molecule has 0 bridgehead atoms. The van der Waals surface area contributed by atoms with E-state index in [1.54, 1.807) is 0 Å². The third-order valence-corrected chi connectivity index (χ3v) is 6.92. The summed E-state index contributed by atoms with van der Waals surface area (Å²) < 4.78 is 9.94. The number of amides is 3. The van der Waals surface area contributed by atoms with Crippen LogP contribution >= 0.6 is 0 Å². The Labute approximate surface area is 298 Å². The molecule has 4 atom stereocenters. The molecule has 280 valence electrons. The highest BCUT2D eigenvalue weighted by Crippen LogP contribution is 2.17. The second kappa shape index (κ2) is 24.7. The van der Waals surface area contributed by atoms with Gasteiger partial charge < -0.3 is 30.7 Å². The number of aliphatic carboxylic acids is 2. The minimum Gasteiger partial charge on any atom is -0.480 e. The number of hydrogen-bond donors (Lipinski definition) is 4. The molecule has 20 heteroatoms. The van der Waals surface area contributed by atoms with Crippen LogP contribution in [0.3, 0.4) is 0 Å². The Bertz CT molecular complexity index is 1550. The molecule has 20 nitrogen and oxygen atoms in total. The Hall–Kier alpha value is -6.36. The smallest absolute Gasteiger partial charge is 0.480 e. The highest BCUT2D eigenvalue weighted by molar-refractivity contribution is 6.01. The summed E-state index contributed by atoms with van der Waals surface area (Å²) in [5, 5.41) is 26.3. The van der Waals surface area contributed by atoms with Gasteiger partial charge in [0, 0.05) is 47.6 Å². The number of alkyl carbamates (subject to hydrolysis) is 1. The minimum atomic E-state index is -1.21. The summed E-state index contributed by atoms with van der Waals surface area (Å²) in [6.45, 7) is 4.16. The molecule has 0 saturated carbocycles. The zero-order valence-corrected chi connectivity index (χ0v) is 28.5. The van der Waals surface area contributed by atoms with Gasteiger partial charge in [0.2, 0.25) is 0 Å². The van der Waals surface area contributed by atoms with Gasteiger partial charge in [-0.2, -0.15) is 0 Å². The number of nitrogens with zero attached hydrogens (tertiary/aromatic N) is 7. The molecule has 5 N–H and O–H groups in total.